The topological polar surface area (TPSA) is 67.8 Å². The molecule has 0 saturated carbocycles. The highest BCUT2D eigenvalue weighted by atomic mass is 19.1. The molecule has 106 valence electrons. The Hall–Kier alpha value is -2.20. The van der Waals surface area contributed by atoms with E-state index in [0.29, 0.717) is 6.04 Å². The molecule has 0 fully saturated rings. The predicted molar refractivity (Wildman–Crippen MR) is 72.9 cm³/mol. The van der Waals surface area contributed by atoms with E-state index in [1.54, 1.807) is 6.07 Å². The number of carboxylic acids is 1. The number of rotatable bonds is 3. The van der Waals surface area contributed by atoms with Crippen LogP contribution in [0.25, 0.3) is 0 Å². The summed E-state index contributed by atoms with van der Waals surface area (Å²) < 4.78 is 12.7. The van der Waals surface area contributed by atoms with Crippen molar-refractivity contribution >= 4 is 5.97 Å². The van der Waals surface area contributed by atoms with Crippen molar-refractivity contribution in [3.05, 3.63) is 71.5 Å². The van der Waals surface area contributed by atoms with Gasteiger partial charge in [-0.2, -0.15) is 0 Å². The number of benzene rings is 2. The fraction of sp³-hybridized carbons (Fsp3) is 0.188. The van der Waals surface area contributed by atoms with Crippen LogP contribution in [0.4, 0.5) is 4.39 Å². The molecule has 2 aromatic rings. The van der Waals surface area contributed by atoms with Crippen LogP contribution in [0.3, 0.4) is 0 Å². The Kier molecular flexibility index (Phi) is 6.40. The van der Waals surface area contributed by atoms with Crippen molar-refractivity contribution < 1.29 is 20.0 Å². The minimum absolute atomic E-state index is 0.160. The molecule has 0 aromatic heterocycles. The molecule has 3 nitrogen and oxygen atoms in total. The number of carboxylic acid groups (broad SMARTS) is 1. The standard InChI is InChI=1S/C8H7FO2.C8H11N/c9-7-4-2-1-3-6(7)5-8(10)11;1-7(9)8-5-3-2-4-6-8/h1-4H,5H2,(H,10,11);2-7H,9H2,1H3/t;7-/m.0/s1. The molecule has 0 bridgehead atoms. The highest BCUT2D eigenvalue weighted by molar-refractivity contribution is 5.67. The van der Waals surface area contributed by atoms with Crippen molar-refractivity contribution in [2.75, 3.05) is 0 Å². The Balaban J connectivity index is 0.000000204. The summed E-state index contributed by atoms with van der Waals surface area (Å²) in [5.41, 5.74) is 5.37. The summed E-state index contributed by atoms with van der Waals surface area (Å²) in [7, 11) is 0. The van der Waals surface area contributed by atoms with Gasteiger partial charge in [0.05, 0.1) is 0 Å². The summed E-state index contributed by atoms with van der Waals surface area (Å²) in [6.07, 6.45) is -0.368. The maximum absolute atomic E-state index is 12.7. The summed E-state index contributed by atoms with van der Waals surface area (Å²) >= 11 is 0. The number of carbonyl (C=O) groups is 1. The zero-order valence-electron chi connectivity index (χ0n) is 11.4. The first-order valence-electron chi connectivity index (χ1n) is 6.32. The Labute approximate surface area is 117 Å². The molecule has 0 saturated heterocycles. The van der Waals surface area contributed by atoms with Crippen LogP contribution in [0.5, 0.6) is 0 Å². The Morgan fingerprint density at radius 3 is 2.15 bits per heavy atom. The molecule has 4 heteroatoms. The van der Waals surface area contributed by atoms with E-state index in [0.717, 1.165) is 0 Å². The highest BCUT2D eigenvalue weighted by Crippen LogP contribution is 2.06. The third-order valence-corrected chi connectivity index (χ3v) is 2.66. The molecular formula is C16H18FNO2. The number of hydrogen-bond acceptors (Lipinski definition) is 2. The summed E-state index contributed by atoms with van der Waals surface area (Å²) in [6.45, 7) is 2.09. The third-order valence-electron chi connectivity index (χ3n) is 2.66. The smallest absolute Gasteiger partial charge is 0.126 e. The highest BCUT2D eigenvalue weighted by Gasteiger charge is 1.99. The molecule has 0 aliphatic rings. The van der Waals surface area contributed by atoms with E-state index in [4.69, 9.17) is 0 Å². The van der Waals surface area contributed by atoms with Gasteiger partial charge in [0.25, 0.3) is 0 Å². The van der Waals surface area contributed by atoms with Crippen LogP contribution in [0.15, 0.2) is 54.6 Å². The van der Waals surface area contributed by atoms with E-state index < -0.39 is 11.8 Å². The van der Waals surface area contributed by atoms with E-state index in [1.165, 1.54) is 23.8 Å². The minimum Gasteiger partial charge on any atom is -0.550 e. The second-order valence-corrected chi connectivity index (χ2v) is 4.45. The molecule has 3 N–H and O–H groups in total. The average molecular weight is 275 g/mol. The van der Waals surface area contributed by atoms with Crippen LogP contribution in [0, 0.1) is 5.82 Å². The number of aliphatic carboxylic acids is 1. The summed E-state index contributed by atoms with van der Waals surface area (Å²) in [4.78, 5) is 10.0. The molecule has 0 heterocycles. The number of quaternary nitrogens is 1. The first kappa shape index (κ1) is 15.9. The number of hydrogen-bond donors (Lipinski definition) is 1. The normalized spacial score (nSPS) is 11.2. The van der Waals surface area contributed by atoms with Crippen LogP contribution in [0.2, 0.25) is 0 Å². The first-order chi connectivity index (χ1) is 9.50. The summed E-state index contributed by atoms with van der Waals surface area (Å²) in [5, 5.41) is 10.0. The lowest BCUT2D eigenvalue weighted by Gasteiger charge is -2.02. The van der Waals surface area contributed by atoms with Crippen LogP contribution in [-0.2, 0) is 11.2 Å². The average Bonchev–Trinajstić information content (AvgIpc) is 2.43. The molecule has 2 aromatic carbocycles. The van der Waals surface area contributed by atoms with Crippen molar-refractivity contribution in [2.24, 2.45) is 0 Å². The largest absolute Gasteiger partial charge is 0.550 e. The van der Waals surface area contributed by atoms with Crippen LogP contribution < -0.4 is 10.8 Å². The minimum atomic E-state index is -1.27. The first-order valence-corrected chi connectivity index (χ1v) is 6.32. The molecule has 0 unspecified atom stereocenters. The quantitative estimate of drug-likeness (QED) is 0.911. The van der Waals surface area contributed by atoms with Gasteiger partial charge in [-0.3, -0.25) is 0 Å². The van der Waals surface area contributed by atoms with Crippen molar-refractivity contribution in [3.63, 3.8) is 0 Å². The Morgan fingerprint density at radius 1 is 1.15 bits per heavy atom. The number of halogens is 1. The van der Waals surface area contributed by atoms with Gasteiger partial charge in [-0.1, -0.05) is 48.5 Å². The van der Waals surface area contributed by atoms with Gasteiger partial charge in [0.2, 0.25) is 0 Å². The maximum atomic E-state index is 12.7. The van der Waals surface area contributed by atoms with Gasteiger partial charge in [-0.15, -0.1) is 0 Å². The van der Waals surface area contributed by atoms with Gasteiger partial charge in [0, 0.05) is 18.0 Å². The van der Waals surface area contributed by atoms with Gasteiger partial charge in [0.15, 0.2) is 0 Å². The monoisotopic (exact) mass is 275 g/mol. The van der Waals surface area contributed by atoms with Crippen molar-refractivity contribution in [2.45, 2.75) is 19.4 Å². The predicted octanol–water partition coefficient (Wildman–Crippen LogP) is 1.11. The lowest BCUT2D eigenvalue weighted by Crippen LogP contribution is -2.51. The van der Waals surface area contributed by atoms with Gasteiger partial charge in [-0.05, 0) is 18.6 Å². The summed E-state index contributed by atoms with van der Waals surface area (Å²) in [5.74, 6) is -1.77. The van der Waals surface area contributed by atoms with E-state index in [1.807, 2.05) is 18.2 Å². The molecule has 0 radical (unpaired) electrons. The molecule has 0 amide bonds. The molecule has 0 aliphatic heterocycles. The van der Waals surface area contributed by atoms with E-state index in [-0.39, 0.29) is 12.0 Å². The second-order valence-electron chi connectivity index (χ2n) is 4.45. The van der Waals surface area contributed by atoms with Gasteiger partial charge >= 0.3 is 0 Å². The van der Waals surface area contributed by atoms with Gasteiger partial charge in [0.1, 0.15) is 11.9 Å². The second kappa shape index (κ2) is 8.07. The van der Waals surface area contributed by atoms with Crippen molar-refractivity contribution in [1.29, 1.82) is 0 Å². The zero-order chi connectivity index (χ0) is 15.0. The fourth-order valence-electron chi connectivity index (χ4n) is 1.58. The molecule has 20 heavy (non-hydrogen) atoms. The van der Waals surface area contributed by atoms with Crippen molar-refractivity contribution in [1.82, 2.24) is 0 Å². The van der Waals surface area contributed by atoms with E-state index >= 15 is 0 Å². The fourth-order valence-corrected chi connectivity index (χ4v) is 1.58. The van der Waals surface area contributed by atoms with E-state index in [9.17, 15) is 14.3 Å². The molecule has 1 atom stereocenters. The van der Waals surface area contributed by atoms with Crippen LogP contribution in [-0.4, -0.2) is 5.97 Å². The van der Waals surface area contributed by atoms with Crippen LogP contribution in [0.1, 0.15) is 24.1 Å². The van der Waals surface area contributed by atoms with E-state index in [2.05, 4.69) is 24.8 Å². The molecule has 0 spiro atoms. The zero-order valence-corrected chi connectivity index (χ0v) is 11.4. The Bertz CT molecular complexity index is 541. The number of carbonyl (C=O) groups excluding carboxylic acids is 1. The molecule has 2 rings (SSSR count). The lowest BCUT2D eigenvalue weighted by molar-refractivity contribution is -0.420. The molecular weight excluding hydrogens is 257 g/mol. The van der Waals surface area contributed by atoms with Crippen molar-refractivity contribution in [3.8, 4) is 0 Å². The molecule has 0 aliphatic carbocycles. The summed E-state index contributed by atoms with van der Waals surface area (Å²) in [6, 6.07) is 16.4. The van der Waals surface area contributed by atoms with Gasteiger partial charge in [-0.25, -0.2) is 4.39 Å². The Morgan fingerprint density at radius 2 is 1.70 bits per heavy atom. The van der Waals surface area contributed by atoms with Crippen LogP contribution >= 0.6 is 0 Å². The SMILES string of the molecule is C[C@H]([NH3+])c1ccccc1.O=C([O-])Cc1ccccc1F. The maximum Gasteiger partial charge on any atom is 0.126 e. The third kappa shape index (κ3) is 5.63. The lowest BCUT2D eigenvalue weighted by atomic mass is 10.1. The van der Waals surface area contributed by atoms with Gasteiger partial charge < -0.3 is 15.6 Å².